The third-order valence-electron chi connectivity index (χ3n) is 5.18. The van der Waals surface area contributed by atoms with Crippen LogP contribution in [0.1, 0.15) is 45.4 Å². The Hall–Kier alpha value is -0.120. The minimum Gasteiger partial charge on any atom is -0.381 e. The minimum absolute atomic E-state index is 0.512. The second kappa shape index (κ2) is 6.88. The van der Waals surface area contributed by atoms with E-state index >= 15 is 0 Å². The van der Waals surface area contributed by atoms with E-state index in [1.54, 1.807) is 0 Å². The number of nitrogens with one attached hydrogen (secondary N) is 1. The van der Waals surface area contributed by atoms with Gasteiger partial charge in [-0.15, -0.1) is 0 Å². The summed E-state index contributed by atoms with van der Waals surface area (Å²) in [4.78, 5) is 2.73. The summed E-state index contributed by atoms with van der Waals surface area (Å²) in [5.41, 5.74) is 0. The van der Waals surface area contributed by atoms with Crippen LogP contribution < -0.4 is 5.32 Å². The normalized spacial score (nSPS) is 33.5. The molecule has 0 spiro atoms. The van der Waals surface area contributed by atoms with E-state index in [1.165, 1.54) is 51.6 Å². The number of piperidine rings is 1. The van der Waals surface area contributed by atoms with Gasteiger partial charge in [-0.3, -0.25) is 0 Å². The molecule has 1 aliphatic carbocycles. The number of rotatable bonds is 4. The molecule has 0 aromatic heterocycles. The van der Waals surface area contributed by atoms with E-state index in [0.717, 1.165) is 12.0 Å². The maximum Gasteiger partial charge on any atom is 0.0586 e. The maximum atomic E-state index is 5.55. The second-order valence-corrected chi connectivity index (χ2v) is 6.13. The minimum atomic E-state index is 0.512. The average molecular weight is 254 g/mol. The molecule has 0 bridgehead atoms. The summed E-state index contributed by atoms with van der Waals surface area (Å²) >= 11 is 0. The van der Waals surface area contributed by atoms with Gasteiger partial charge in [0.1, 0.15) is 0 Å². The summed E-state index contributed by atoms with van der Waals surface area (Å²) in [5, 5.41) is 3.41. The fourth-order valence-corrected chi connectivity index (χ4v) is 3.69. The molecule has 1 aliphatic heterocycles. The molecule has 2 rings (SSSR count). The molecule has 2 fully saturated rings. The molecule has 106 valence electrons. The van der Waals surface area contributed by atoms with Crippen LogP contribution in [0.2, 0.25) is 0 Å². The van der Waals surface area contributed by atoms with Crippen LogP contribution in [0.4, 0.5) is 0 Å². The molecule has 3 unspecified atom stereocenters. The van der Waals surface area contributed by atoms with Gasteiger partial charge in [-0.05, 0) is 71.5 Å². The first-order valence-electron chi connectivity index (χ1n) is 7.68. The Morgan fingerprint density at radius 2 is 1.89 bits per heavy atom. The quantitative estimate of drug-likeness (QED) is 0.833. The summed E-state index contributed by atoms with van der Waals surface area (Å²) in [6, 6.07) is 1.46. The van der Waals surface area contributed by atoms with Crippen LogP contribution in [0, 0.1) is 5.92 Å². The van der Waals surface area contributed by atoms with Crippen molar-refractivity contribution in [1.29, 1.82) is 0 Å². The molecule has 1 heterocycles. The Morgan fingerprint density at radius 3 is 2.50 bits per heavy atom. The van der Waals surface area contributed by atoms with Gasteiger partial charge in [0, 0.05) is 19.2 Å². The van der Waals surface area contributed by atoms with Crippen LogP contribution >= 0.6 is 0 Å². The van der Waals surface area contributed by atoms with Gasteiger partial charge >= 0.3 is 0 Å². The van der Waals surface area contributed by atoms with Gasteiger partial charge in [-0.2, -0.15) is 0 Å². The van der Waals surface area contributed by atoms with Crippen molar-refractivity contribution >= 4 is 0 Å². The SMILES string of the molecule is CNC(C)C1CCN(C2CCCC(OC)C2)CC1. The first-order valence-corrected chi connectivity index (χ1v) is 7.68. The Morgan fingerprint density at radius 1 is 1.17 bits per heavy atom. The molecule has 0 amide bonds. The first-order chi connectivity index (χ1) is 8.74. The monoisotopic (exact) mass is 254 g/mol. The first kappa shape index (κ1) is 14.3. The third-order valence-corrected chi connectivity index (χ3v) is 5.18. The van der Waals surface area contributed by atoms with Crippen LogP contribution in [0.15, 0.2) is 0 Å². The number of nitrogens with zero attached hydrogens (tertiary/aromatic N) is 1. The zero-order valence-corrected chi connectivity index (χ0v) is 12.3. The van der Waals surface area contributed by atoms with Crippen molar-refractivity contribution in [2.75, 3.05) is 27.2 Å². The molecule has 3 nitrogen and oxygen atoms in total. The zero-order valence-electron chi connectivity index (χ0n) is 12.3. The Labute approximate surface area is 112 Å². The largest absolute Gasteiger partial charge is 0.381 e. The summed E-state index contributed by atoms with van der Waals surface area (Å²) in [6.45, 7) is 4.90. The highest BCUT2D eigenvalue weighted by Gasteiger charge is 2.30. The lowest BCUT2D eigenvalue weighted by atomic mass is 9.86. The van der Waals surface area contributed by atoms with E-state index in [0.29, 0.717) is 12.1 Å². The Bertz CT molecular complexity index is 239. The predicted octanol–water partition coefficient (Wildman–Crippen LogP) is 2.26. The van der Waals surface area contributed by atoms with E-state index < -0.39 is 0 Å². The summed E-state index contributed by atoms with van der Waals surface area (Å²) in [6.07, 6.45) is 8.47. The average Bonchev–Trinajstić information content (AvgIpc) is 2.46. The van der Waals surface area contributed by atoms with E-state index in [2.05, 4.69) is 24.2 Å². The molecule has 18 heavy (non-hydrogen) atoms. The Kier molecular flexibility index (Phi) is 5.46. The molecule has 0 aromatic carbocycles. The molecule has 3 atom stereocenters. The summed E-state index contributed by atoms with van der Waals surface area (Å²) < 4.78 is 5.55. The van der Waals surface area contributed by atoms with Crippen molar-refractivity contribution in [2.45, 2.75) is 63.6 Å². The lowest BCUT2D eigenvalue weighted by molar-refractivity contribution is 0.0160. The third kappa shape index (κ3) is 3.46. The standard InChI is InChI=1S/C15H30N2O/c1-12(16-2)13-7-9-17(10-8-13)14-5-4-6-15(11-14)18-3/h12-16H,4-11H2,1-3H3. The molecule has 1 N–H and O–H groups in total. The lowest BCUT2D eigenvalue weighted by Crippen LogP contribution is -2.47. The van der Waals surface area contributed by atoms with Gasteiger partial charge in [-0.1, -0.05) is 0 Å². The summed E-state index contributed by atoms with van der Waals surface area (Å²) in [5.74, 6) is 0.869. The lowest BCUT2D eigenvalue weighted by Gasteiger charge is -2.42. The van der Waals surface area contributed by atoms with Crippen LogP contribution in [0.3, 0.4) is 0 Å². The van der Waals surface area contributed by atoms with E-state index in [-0.39, 0.29) is 0 Å². The van der Waals surface area contributed by atoms with Crippen molar-refractivity contribution in [3.63, 3.8) is 0 Å². The second-order valence-electron chi connectivity index (χ2n) is 6.13. The van der Waals surface area contributed by atoms with Crippen LogP contribution in [0.5, 0.6) is 0 Å². The van der Waals surface area contributed by atoms with Crippen LogP contribution in [0.25, 0.3) is 0 Å². The van der Waals surface area contributed by atoms with Crippen LogP contribution in [-0.2, 0) is 4.74 Å². The fourth-order valence-electron chi connectivity index (χ4n) is 3.69. The van der Waals surface area contributed by atoms with Gasteiger partial charge in [0.05, 0.1) is 6.10 Å². The van der Waals surface area contributed by atoms with E-state index in [1.807, 2.05) is 7.11 Å². The summed E-state index contributed by atoms with van der Waals surface area (Å²) in [7, 11) is 3.95. The van der Waals surface area contributed by atoms with Gasteiger partial charge in [0.2, 0.25) is 0 Å². The van der Waals surface area contributed by atoms with Crippen molar-refractivity contribution in [2.24, 2.45) is 5.92 Å². The number of hydrogen-bond donors (Lipinski definition) is 1. The highest BCUT2D eigenvalue weighted by Crippen LogP contribution is 2.29. The number of likely N-dealkylation sites (tertiary alicyclic amines) is 1. The molecule has 0 radical (unpaired) electrons. The van der Waals surface area contributed by atoms with Gasteiger partial charge in [-0.25, -0.2) is 0 Å². The highest BCUT2D eigenvalue weighted by molar-refractivity contribution is 4.86. The Balaban J connectivity index is 1.78. The van der Waals surface area contributed by atoms with E-state index in [9.17, 15) is 0 Å². The number of hydrogen-bond acceptors (Lipinski definition) is 3. The van der Waals surface area contributed by atoms with Gasteiger partial charge in [0.15, 0.2) is 0 Å². The molecule has 0 aromatic rings. The zero-order chi connectivity index (χ0) is 13.0. The highest BCUT2D eigenvalue weighted by atomic mass is 16.5. The molecule has 2 aliphatic rings. The molecule has 1 saturated carbocycles. The maximum absolute atomic E-state index is 5.55. The van der Waals surface area contributed by atoms with Gasteiger partial charge < -0.3 is 15.0 Å². The topological polar surface area (TPSA) is 24.5 Å². The molecular weight excluding hydrogens is 224 g/mol. The molecule has 3 heteroatoms. The van der Waals surface area contributed by atoms with Crippen LogP contribution in [-0.4, -0.2) is 50.3 Å². The van der Waals surface area contributed by atoms with Crippen molar-refractivity contribution in [3.8, 4) is 0 Å². The fraction of sp³-hybridized carbons (Fsp3) is 1.00. The number of ether oxygens (including phenoxy) is 1. The van der Waals surface area contributed by atoms with E-state index in [4.69, 9.17) is 4.74 Å². The molecular formula is C15H30N2O. The smallest absolute Gasteiger partial charge is 0.0586 e. The van der Waals surface area contributed by atoms with Crippen molar-refractivity contribution < 1.29 is 4.74 Å². The molecule has 1 saturated heterocycles. The van der Waals surface area contributed by atoms with Crippen molar-refractivity contribution in [3.05, 3.63) is 0 Å². The van der Waals surface area contributed by atoms with Gasteiger partial charge in [0.25, 0.3) is 0 Å². The predicted molar refractivity (Wildman–Crippen MR) is 75.9 cm³/mol. The number of methoxy groups -OCH3 is 1. The van der Waals surface area contributed by atoms with Crippen molar-refractivity contribution in [1.82, 2.24) is 10.2 Å².